The maximum Gasteiger partial charge on any atom is 0.313 e. The molecule has 134 valence electrons. The Kier molecular flexibility index (Phi) is 5.50. The number of carbonyl (C=O) groups is 1. The van der Waals surface area contributed by atoms with Gasteiger partial charge in [-0.25, -0.2) is 0 Å². The zero-order chi connectivity index (χ0) is 17.8. The predicted molar refractivity (Wildman–Crippen MR) is 86.8 cm³/mol. The van der Waals surface area contributed by atoms with E-state index in [1.807, 2.05) is 30.3 Å². The average molecular weight is 347 g/mol. The molecule has 25 heavy (non-hydrogen) atoms. The highest BCUT2D eigenvalue weighted by atomic mass is 16.7. The summed E-state index contributed by atoms with van der Waals surface area (Å²) in [5, 5.41) is 11.8. The molecule has 1 saturated heterocycles. The molecule has 1 N–H and O–H groups in total. The van der Waals surface area contributed by atoms with Crippen LogP contribution in [0.15, 0.2) is 53.1 Å². The number of hydroxylamine groups is 2. The summed E-state index contributed by atoms with van der Waals surface area (Å²) in [4.78, 5) is 18.3. The third kappa shape index (κ3) is 3.59. The van der Waals surface area contributed by atoms with Crippen molar-refractivity contribution in [3.8, 4) is 0 Å². The third-order valence-corrected chi connectivity index (χ3v) is 4.27. The van der Waals surface area contributed by atoms with E-state index in [1.54, 1.807) is 17.2 Å². The third-order valence-electron chi connectivity index (χ3n) is 4.27. The standard InChI is InChI=1S/C18H21NO6/c1-22-17(20)14-15(13-9-6-10-24-13)19(25-16(14)18(21)23-2)11-12-7-4-3-5-8-12/h3-10,14-16,18,21H,11H2,1-2H3/t14-,15-,16+,18-/m0/s1. The van der Waals surface area contributed by atoms with Gasteiger partial charge in [-0.1, -0.05) is 30.3 Å². The Morgan fingerprint density at radius 3 is 2.60 bits per heavy atom. The van der Waals surface area contributed by atoms with Crippen LogP contribution in [0.1, 0.15) is 17.4 Å². The van der Waals surface area contributed by atoms with Crippen LogP contribution in [-0.2, 0) is 25.7 Å². The molecule has 1 fully saturated rings. The van der Waals surface area contributed by atoms with Crippen LogP contribution in [0.5, 0.6) is 0 Å². The zero-order valence-electron chi connectivity index (χ0n) is 14.1. The second kappa shape index (κ2) is 7.79. The number of aliphatic hydroxyl groups is 1. The van der Waals surface area contributed by atoms with Gasteiger partial charge in [-0.05, 0) is 17.7 Å². The summed E-state index contributed by atoms with van der Waals surface area (Å²) >= 11 is 0. The van der Waals surface area contributed by atoms with Crippen molar-refractivity contribution >= 4 is 5.97 Å². The molecule has 3 rings (SSSR count). The molecular formula is C18H21NO6. The molecule has 0 unspecified atom stereocenters. The fraction of sp³-hybridized carbons (Fsp3) is 0.389. The van der Waals surface area contributed by atoms with Gasteiger partial charge >= 0.3 is 5.97 Å². The van der Waals surface area contributed by atoms with Crippen molar-refractivity contribution in [2.75, 3.05) is 14.2 Å². The number of furan rings is 1. The fourth-order valence-corrected chi connectivity index (χ4v) is 3.09. The molecule has 4 atom stereocenters. The number of carbonyl (C=O) groups excluding carboxylic acids is 1. The second-order valence-corrected chi connectivity index (χ2v) is 5.77. The molecule has 2 heterocycles. The minimum Gasteiger partial charge on any atom is -0.469 e. The lowest BCUT2D eigenvalue weighted by Gasteiger charge is -2.22. The number of esters is 1. The summed E-state index contributed by atoms with van der Waals surface area (Å²) in [5.74, 6) is -0.745. The highest BCUT2D eigenvalue weighted by molar-refractivity contribution is 5.74. The van der Waals surface area contributed by atoms with Crippen molar-refractivity contribution < 1.29 is 28.6 Å². The molecule has 1 aromatic heterocycles. The Bertz CT molecular complexity index is 674. The molecule has 7 nitrogen and oxygen atoms in total. The zero-order valence-corrected chi connectivity index (χ0v) is 14.1. The van der Waals surface area contributed by atoms with Gasteiger partial charge < -0.3 is 19.0 Å². The van der Waals surface area contributed by atoms with E-state index in [2.05, 4.69) is 0 Å². The lowest BCUT2D eigenvalue weighted by atomic mass is 9.92. The Morgan fingerprint density at radius 1 is 1.24 bits per heavy atom. The van der Waals surface area contributed by atoms with Crippen molar-refractivity contribution in [1.82, 2.24) is 5.06 Å². The van der Waals surface area contributed by atoms with Gasteiger partial charge in [0.05, 0.1) is 13.4 Å². The molecule has 2 aromatic rings. The maximum atomic E-state index is 12.4. The van der Waals surface area contributed by atoms with E-state index in [0.29, 0.717) is 12.3 Å². The topological polar surface area (TPSA) is 81.4 Å². The molecule has 0 spiro atoms. The summed E-state index contributed by atoms with van der Waals surface area (Å²) in [6, 6.07) is 12.6. The van der Waals surface area contributed by atoms with Gasteiger partial charge in [0.1, 0.15) is 23.8 Å². The van der Waals surface area contributed by atoms with Gasteiger partial charge in [-0.2, -0.15) is 5.06 Å². The van der Waals surface area contributed by atoms with Crippen LogP contribution in [0.4, 0.5) is 0 Å². The van der Waals surface area contributed by atoms with Gasteiger partial charge in [0.15, 0.2) is 6.29 Å². The van der Waals surface area contributed by atoms with E-state index in [9.17, 15) is 9.90 Å². The largest absolute Gasteiger partial charge is 0.469 e. The molecular weight excluding hydrogens is 326 g/mol. The number of rotatable bonds is 6. The number of aliphatic hydroxyl groups excluding tert-OH is 1. The highest BCUT2D eigenvalue weighted by Crippen LogP contribution is 2.42. The van der Waals surface area contributed by atoms with E-state index in [-0.39, 0.29) is 0 Å². The normalized spacial score (nSPS) is 25.0. The summed E-state index contributed by atoms with van der Waals surface area (Å²) in [7, 11) is 2.65. The van der Waals surface area contributed by atoms with Crippen LogP contribution in [0, 0.1) is 5.92 Å². The van der Waals surface area contributed by atoms with Crippen molar-refractivity contribution in [3.63, 3.8) is 0 Å². The number of nitrogens with zero attached hydrogens (tertiary/aromatic N) is 1. The first-order valence-corrected chi connectivity index (χ1v) is 7.95. The van der Waals surface area contributed by atoms with Gasteiger partial charge in [0.2, 0.25) is 0 Å². The number of methoxy groups -OCH3 is 2. The van der Waals surface area contributed by atoms with Gasteiger partial charge in [-0.3, -0.25) is 9.63 Å². The van der Waals surface area contributed by atoms with Crippen LogP contribution in [0.25, 0.3) is 0 Å². The Morgan fingerprint density at radius 2 is 2.00 bits per heavy atom. The summed E-state index contributed by atoms with van der Waals surface area (Å²) in [5.41, 5.74) is 0.996. The van der Waals surface area contributed by atoms with E-state index in [1.165, 1.54) is 20.5 Å². The summed E-state index contributed by atoms with van der Waals surface area (Å²) in [6.45, 7) is 0.409. The van der Waals surface area contributed by atoms with Gasteiger partial charge in [-0.15, -0.1) is 0 Å². The van der Waals surface area contributed by atoms with E-state index in [4.69, 9.17) is 18.7 Å². The molecule has 0 radical (unpaired) electrons. The van der Waals surface area contributed by atoms with Crippen molar-refractivity contribution in [2.24, 2.45) is 5.92 Å². The Labute approximate surface area is 145 Å². The highest BCUT2D eigenvalue weighted by Gasteiger charge is 2.53. The van der Waals surface area contributed by atoms with Crippen molar-refractivity contribution in [1.29, 1.82) is 0 Å². The monoisotopic (exact) mass is 347 g/mol. The number of hydrogen-bond donors (Lipinski definition) is 1. The van der Waals surface area contributed by atoms with Crippen LogP contribution < -0.4 is 0 Å². The molecule has 0 aliphatic carbocycles. The quantitative estimate of drug-likeness (QED) is 0.631. The summed E-state index contributed by atoms with van der Waals surface area (Å²) < 4.78 is 15.4. The lowest BCUT2D eigenvalue weighted by Crippen LogP contribution is -2.38. The second-order valence-electron chi connectivity index (χ2n) is 5.77. The molecule has 0 bridgehead atoms. The number of ether oxygens (including phenoxy) is 2. The van der Waals surface area contributed by atoms with Crippen LogP contribution in [-0.4, -0.2) is 42.8 Å². The first-order valence-electron chi connectivity index (χ1n) is 7.95. The lowest BCUT2D eigenvalue weighted by molar-refractivity contribution is -0.238. The number of hydrogen-bond acceptors (Lipinski definition) is 7. The maximum absolute atomic E-state index is 12.4. The number of benzene rings is 1. The Hall–Kier alpha value is -2.19. The molecule has 1 aliphatic rings. The minimum absolute atomic E-state index is 0.409. The molecule has 1 aromatic carbocycles. The van der Waals surface area contributed by atoms with Crippen molar-refractivity contribution in [3.05, 3.63) is 60.1 Å². The minimum atomic E-state index is -1.28. The van der Waals surface area contributed by atoms with Crippen LogP contribution in [0.2, 0.25) is 0 Å². The van der Waals surface area contributed by atoms with Crippen molar-refractivity contribution in [2.45, 2.75) is 25.0 Å². The predicted octanol–water partition coefficient (Wildman–Crippen LogP) is 1.89. The first-order chi connectivity index (χ1) is 12.2. The SMILES string of the molecule is COC(=O)[C@@H]1[C@H]([C@@H](O)OC)ON(Cc2ccccc2)[C@H]1c1ccco1. The van der Waals surface area contributed by atoms with Gasteiger partial charge in [0, 0.05) is 13.7 Å². The van der Waals surface area contributed by atoms with Crippen LogP contribution >= 0.6 is 0 Å². The fourth-order valence-electron chi connectivity index (χ4n) is 3.09. The van der Waals surface area contributed by atoms with E-state index in [0.717, 1.165) is 5.56 Å². The van der Waals surface area contributed by atoms with Crippen LogP contribution in [0.3, 0.4) is 0 Å². The van der Waals surface area contributed by atoms with Gasteiger partial charge in [0.25, 0.3) is 0 Å². The molecule has 1 aliphatic heterocycles. The molecule has 7 heteroatoms. The average Bonchev–Trinajstić information content (AvgIpc) is 3.28. The van der Waals surface area contributed by atoms with E-state index < -0.39 is 30.3 Å². The molecule has 0 amide bonds. The Balaban J connectivity index is 1.96. The van der Waals surface area contributed by atoms with E-state index >= 15 is 0 Å². The molecule has 0 saturated carbocycles. The smallest absolute Gasteiger partial charge is 0.313 e. The first kappa shape index (κ1) is 17.6. The summed E-state index contributed by atoms with van der Waals surface area (Å²) in [6.07, 6.45) is -0.650.